The molecule has 3 rings (SSSR count). The summed E-state index contributed by atoms with van der Waals surface area (Å²) >= 11 is 0. The summed E-state index contributed by atoms with van der Waals surface area (Å²) in [6, 6.07) is 4.41. The molecule has 0 saturated carbocycles. The molecule has 0 unspecified atom stereocenters. The molecule has 2 aromatic carbocycles. The highest BCUT2D eigenvalue weighted by molar-refractivity contribution is 5.76. The number of hydrogen-bond acceptors (Lipinski definition) is 5. The second-order valence-electron chi connectivity index (χ2n) is 7.95. The SMILES string of the molecule is CCOC(=O)C[C@H](N)c1c(F)c(C)cc(-c2c(C)cc(N3CCOCC3)cc2C)c1F. The molecular weight excluding hydrogens is 402 g/mol. The first-order chi connectivity index (χ1) is 14.7. The summed E-state index contributed by atoms with van der Waals surface area (Å²) in [5, 5.41) is 0. The van der Waals surface area contributed by atoms with E-state index in [1.54, 1.807) is 13.8 Å². The number of halogens is 2. The van der Waals surface area contributed by atoms with Crippen molar-refractivity contribution in [2.45, 2.75) is 40.2 Å². The number of carbonyl (C=O) groups excluding carboxylic acids is 1. The molecule has 0 bridgehead atoms. The Morgan fingerprint density at radius 1 is 1.10 bits per heavy atom. The van der Waals surface area contributed by atoms with Gasteiger partial charge in [-0.3, -0.25) is 4.79 Å². The lowest BCUT2D eigenvalue weighted by atomic mass is 9.89. The number of nitrogens with two attached hydrogens (primary N) is 1. The molecule has 1 saturated heterocycles. The van der Waals surface area contributed by atoms with E-state index in [2.05, 4.69) is 4.90 Å². The first-order valence-corrected chi connectivity index (χ1v) is 10.6. The monoisotopic (exact) mass is 432 g/mol. The van der Waals surface area contributed by atoms with Gasteiger partial charge in [-0.1, -0.05) is 0 Å². The van der Waals surface area contributed by atoms with Crippen LogP contribution in [-0.2, 0) is 14.3 Å². The van der Waals surface area contributed by atoms with Crippen LogP contribution in [0.1, 0.15) is 41.6 Å². The molecule has 7 heteroatoms. The van der Waals surface area contributed by atoms with Crippen LogP contribution in [0.4, 0.5) is 14.5 Å². The molecule has 1 heterocycles. The van der Waals surface area contributed by atoms with E-state index in [0.29, 0.717) is 18.8 Å². The van der Waals surface area contributed by atoms with Crippen molar-refractivity contribution in [3.05, 3.63) is 52.1 Å². The lowest BCUT2D eigenvalue weighted by molar-refractivity contribution is -0.143. The van der Waals surface area contributed by atoms with E-state index < -0.39 is 23.6 Å². The first-order valence-electron chi connectivity index (χ1n) is 10.6. The van der Waals surface area contributed by atoms with E-state index in [4.69, 9.17) is 15.2 Å². The summed E-state index contributed by atoms with van der Waals surface area (Å²) in [5.41, 5.74) is 9.87. The van der Waals surface area contributed by atoms with Gasteiger partial charge in [-0.2, -0.15) is 0 Å². The zero-order valence-electron chi connectivity index (χ0n) is 18.6. The summed E-state index contributed by atoms with van der Waals surface area (Å²) in [6.45, 7) is 10.2. The van der Waals surface area contributed by atoms with E-state index in [0.717, 1.165) is 29.9 Å². The third-order valence-electron chi connectivity index (χ3n) is 5.64. The van der Waals surface area contributed by atoms with Crippen LogP contribution in [0.3, 0.4) is 0 Å². The van der Waals surface area contributed by atoms with Gasteiger partial charge < -0.3 is 20.1 Å². The van der Waals surface area contributed by atoms with Crippen molar-refractivity contribution in [2.24, 2.45) is 5.73 Å². The number of esters is 1. The number of nitrogens with zero attached hydrogens (tertiary/aromatic N) is 1. The van der Waals surface area contributed by atoms with Crippen molar-refractivity contribution < 1.29 is 23.0 Å². The van der Waals surface area contributed by atoms with E-state index in [1.807, 2.05) is 26.0 Å². The number of morpholine rings is 1. The Kier molecular flexibility index (Phi) is 7.28. The number of benzene rings is 2. The van der Waals surface area contributed by atoms with Crippen LogP contribution in [0, 0.1) is 32.4 Å². The molecule has 31 heavy (non-hydrogen) atoms. The van der Waals surface area contributed by atoms with Crippen LogP contribution >= 0.6 is 0 Å². The van der Waals surface area contributed by atoms with Crippen molar-refractivity contribution in [2.75, 3.05) is 37.8 Å². The zero-order chi connectivity index (χ0) is 22.7. The van der Waals surface area contributed by atoms with Gasteiger partial charge in [0.1, 0.15) is 11.6 Å². The third kappa shape index (κ3) is 4.88. The molecule has 1 fully saturated rings. The van der Waals surface area contributed by atoms with Gasteiger partial charge in [-0.15, -0.1) is 0 Å². The number of aryl methyl sites for hydroxylation is 3. The molecule has 1 aliphatic rings. The van der Waals surface area contributed by atoms with Crippen LogP contribution in [-0.4, -0.2) is 38.9 Å². The van der Waals surface area contributed by atoms with Crippen molar-refractivity contribution in [1.29, 1.82) is 0 Å². The molecular formula is C24H30F2N2O3. The second-order valence-corrected chi connectivity index (χ2v) is 7.95. The number of carbonyl (C=O) groups is 1. The lowest BCUT2D eigenvalue weighted by Crippen LogP contribution is -2.36. The van der Waals surface area contributed by atoms with E-state index in [1.165, 1.54) is 6.07 Å². The summed E-state index contributed by atoms with van der Waals surface area (Å²) in [5.74, 6) is -2.04. The highest BCUT2D eigenvalue weighted by Crippen LogP contribution is 2.37. The zero-order valence-corrected chi connectivity index (χ0v) is 18.6. The van der Waals surface area contributed by atoms with Crippen LogP contribution in [0.25, 0.3) is 11.1 Å². The quantitative estimate of drug-likeness (QED) is 0.688. The average Bonchev–Trinajstić information content (AvgIpc) is 2.72. The van der Waals surface area contributed by atoms with Gasteiger partial charge in [0.05, 0.1) is 26.2 Å². The third-order valence-corrected chi connectivity index (χ3v) is 5.64. The Labute approximate surface area is 182 Å². The fraction of sp³-hybridized carbons (Fsp3) is 0.458. The van der Waals surface area contributed by atoms with E-state index in [9.17, 15) is 9.18 Å². The van der Waals surface area contributed by atoms with Gasteiger partial charge in [-0.25, -0.2) is 8.78 Å². The van der Waals surface area contributed by atoms with Crippen molar-refractivity contribution in [1.82, 2.24) is 0 Å². The Hall–Kier alpha value is -2.51. The maximum atomic E-state index is 15.6. The molecule has 0 aliphatic carbocycles. The predicted molar refractivity (Wildman–Crippen MR) is 117 cm³/mol. The fourth-order valence-electron chi connectivity index (χ4n) is 4.18. The number of anilines is 1. The Morgan fingerprint density at radius 2 is 1.71 bits per heavy atom. The van der Waals surface area contributed by atoms with Gasteiger partial charge in [0.2, 0.25) is 0 Å². The molecule has 0 spiro atoms. The topological polar surface area (TPSA) is 64.8 Å². The van der Waals surface area contributed by atoms with Crippen LogP contribution in [0.2, 0.25) is 0 Å². The number of hydrogen-bond donors (Lipinski definition) is 1. The second kappa shape index (κ2) is 9.75. The summed E-state index contributed by atoms with van der Waals surface area (Å²) < 4.78 is 40.8. The maximum absolute atomic E-state index is 15.6. The number of rotatable bonds is 6. The van der Waals surface area contributed by atoms with Gasteiger partial charge in [-0.05, 0) is 68.1 Å². The lowest BCUT2D eigenvalue weighted by Gasteiger charge is -2.30. The molecule has 0 aromatic heterocycles. The standard InChI is InChI=1S/C24H30F2N2O3/c1-5-31-20(29)13-19(27)22-23(25)16(4)12-18(24(22)26)21-14(2)10-17(11-15(21)3)28-6-8-30-9-7-28/h10-12,19H,5-9,13,27H2,1-4H3/t19-/m0/s1. The molecule has 2 aromatic rings. The minimum Gasteiger partial charge on any atom is -0.466 e. The molecule has 1 atom stereocenters. The minimum absolute atomic E-state index is 0.184. The Balaban J connectivity index is 2.05. The molecule has 168 valence electrons. The summed E-state index contributed by atoms with van der Waals surface area (Å²) in [7, 11) is 0. The van der Waals surface area contributed by atoms with Gasteiger partial charge in [0.15, 0.2) is 0 Å². The molecule has 0 amide bonds. The highest BCUT2D eigenvalue weighted by Gasteiger charge is 2.26. The minimum atomic E-state index is -1.13. The van der Waals surface area contributed by atoms with E-state index in [-0.39, 0.29) is 29.7 Å². The van der Waals surface area contributed by atoms with Crippen molar-refractivity contribution in [3.63, 3.8) is 0 Å². The van der Waals surface area contributed by atoms with Gasteiger partial charge >= 0.3 is 5.97 Å². The Morgan fingerprint density at radius 3 is 2.29 bits per heavy atom. The van der Waals surface area contributed by atoms with Crippen molar-refractivity contribution in [3.8, 4) is 11.1 Å². The first kappa shape index (κ1) is 23.2. The molecule has 1 aliphatic heterocycles. The van der Waals surface area contributed by atoms with Gasteiger partial charge in [0.25, 0.3) is 0 Å². The summed E-state index contributed by atoms with van der Waals surface area (Å²) in [4.78, 5) is 14.1. The smallest absolute Gasteiger partial charge is 0.307 e. The highest BCUT2D eigenvalue weighted by atomic mass is 19.1. The Bertz CT molecular complexity index is 949. The average molecular weight is 433 g/mol. The summed E-state index contributed by atoms with van der Waals surface area (Å²) in [6.07, 6.45) is -0.293. The maximum Gasteiger partial charge on any atom is 0.307 e. The van der Waals surface area contributed by atoms with Crippen LogP contribution < -0.4 is 10.6 Å². The molecule has 2 N–H and O–H groups in total. The van der Waals surface area contributed by atoms with E-state index >= 15 is 4.39 Å². The van der Waals surface area contributed by atoms with Crippen LogP contribution in [0.5, 0.6) is 0 Å². The normalized spacial score (nSPS) is 15.1. The van der Waals surface area contributed by atoms with Crippen molar-refractivity contribution >= 4 is 11.7 Å². The fourth-order valence-corrected chi connectivity index (χ4v) is 4.18. The van der Waals surface area contributed by atoms with Crippen LogP contribution in [0.15, 0.2) is 18.2 Å². The predicted octanol–water partition coefficient (Wildman–Crippen LogP) is 4.35. The molecule has 5 nitrogen and oxygen atoms in total. The number of ether oxygens (including phenoxy) is 2. The molecule has 0 radical (unpaired) electrons. The largest absolute Gasteiger partial charge is 0.466 e. The van der Waals surface area contributed by atoms with Gasteiger partial charge in [0, 0.05) is 35.9 Å².